The average Bonchev–Trinajstić information content (AvgIpc) is 2.54. The standard InChI is InChI=1S/C18H18ClFN2O/c1-22-11-13-5-3-2-4-12(13)8-15(22)10-21-18(23)16-9-14(20)6-7-17(16)19/h2-7,9,15H,8,10-11H2,1H3,(H,21,23). The number of hydrogen-bond donors (Lipinski definition) is 1. The van der Waals surface area contributed by atoms with E-state index in [4.69, 9.17) is 11.6 Å². The topological polar surface area (TPSA) is 32.3 Å². The number of carbonyl (C=O) groups is 1. The average molecular weight is 333 g/mol. The van der Waals surface area contributed by atoms with Gasteiger partial charge in [-0.15, -0.1) is 0 Å². The minimum absolute atomic E-state index is 0.172. The van der Waals surface area contributed by atoms with Gasteiger partial charge in [0.25, 0.3) is 5.91 Å². The third-order valence-corrected chi connectivity index (χ3v) is 4.62. The van der Waals surface area contributed by atoms with Gasteiger partial charge in [-0.2, -0.15) is 0 Å². The van der Waals surface area contributed by atoms with Crippen molar-refractivity contribution in [2.75, 3.05) is 13.6 Å². The highest BCUT2D eigenvalue weighted by atomic mass is 35.5. The zero-order valence-electron chi connectivity index (χ0n) is 12.9. The molecule has 3 nitrogen and oxygen atoms in total. The van der Waals surface area contributed by atoms with Crippen LogP contribution in [0.3, 0.4) is 0 Å². The van der Waals surface area contributed by atoms with E-state index in [-0.39, 0.29) is 22.5 Å². The van der Waals surface area contributed by atoms with Crippen molar-refractivity contribution in [1.82, 2.24) is 10.2 Å². The number of halogens is 2. The van der Waals surface area contributed by atoms with Crippen LogP contribution in [0.25, 0.3) is 0 Å². The van der Waals surface area contributed by atoms with Crippen LogP contribution in [0, 0.1) is 5.82 Å². The molecule has 23 heavy (non-hydrogen) atoms. The van der Waals surface area contributed by atoms with Gasteiger partial charge in [0.2, 0.25) is 0 Å². The fraction of sp³-hybridized carbons (Fsp3) is 0.278. The molecule has 2 aromatic carbocycles. The molecule has 0 aromatic heterocycles. The molecule has 0 fully saturated rings. The lowest BCUT2D eigenvalue weighted by molar-refractivity contribution is 0.0934. The van der Waals surface area contributed by atoms with Crippen LogP contribution in [-0.4, -0.2) is 30.4 Å². The largest absolute Gasteiger partial charge is 0.350 e. The molecule has 5 heteroatoms. The highest BCUT2D eigenvalue weighted by Gasteiger charge is 2.23. The second kappa shape index (κ2) is 6.69. The van der Waals surface area contributed by atoms with Crippen LogP contribution >= 0.6 is 11.6 Å². The van der Waals surface area contributed by atoms with E-state index in [0.29, 0.717) is 6.54 Å². The Morgan fingerprint density at radius 3 is 2.83 bits per heavy atom. The second-order valence-electron chi connectivity index (χ2n) is 5.88. The molecule has 1 amide bonds. The number of fused-ring (bicyclic) bond motifs is 1. The van der Waals surface area contributed by atoms with Gasteiger partial charge in [-0.05, 0) is 42.8 Å². The van der Waals surface area contributed by atoms with Crippen molar-refractivity contribution in [1.29, 1.82) is 0 Å². The highest BCUT2D eigenvalue weighted by molar-refractivity contribution is 6.33. The first kappa shape index (κ1) is 16.0. The normalized spacial score (nSPS) is 17.6. The Morgan fingerprint density at radius 1 is 1.30 bits per heavy atom. The van der Waals surface area contributed by atoms with Crippen LogP contribution in [0.1, 0.15) is 21.5 Å². The predicted octanol–water partition coefficient (Wildman–Crippen LogP) is 3.27. The summed E-state index contributed by atoms with van der Waals surface area (Å²) in [6, 6.07) is 12.3. The summed E-state index contributed by atoms with van der Waals surface area (Å²) >= 11 is 5.97. The van der Waals surface area contributed by atoms with Crippen molar-refractivity contribution < 1.29 is 9.18 Å². The highest BCUT2D eigenvalue weighted by Crippen LogP contribution is 2.22. The number of carbonyl (C=O) groups excluding carboxylic acids is 1. The lowest BCUT2D eigenvalue weighted by Crippen LogP contribution is -2.45. The second-order valence-corrected chi connectivity index (χ2v) is 6.28. The molecule has 3 rings (SSSR count). The number of amides is 1. The zero-order valence-corrected chi connectivity index (χ0v) is 13.6. The number of rotatable bonds is 3. The van der Waals surface area contributed by atoms with E-state index in [1.165, 1.54) is 23.3 Å². The lowest BCUT2D eigenvalue weighted by atomic mass is 9.94. The molecule has 1 unspecified atom stereocenters. The molecule has 1 aliphatic heterocycles. The SMILES string of the molecule is CN1Cc2ccccc2CC1CNC(=O)c1cc(F)ccc1Cl. The maximum absolute atomic E-state index is 13.3. The molecule has 0 saturated heterocycles. The summed E-state index contributed by atoms with van der Waals surface area (Å²) in [5, 5.41) is 3.12. The quantitative estimate of drug-likeness (QED) is 0.935. The van der Waals surface area contributed by atoms with E-state index in [9.17, 15) is 9.18 Å². The van der Waals surface area contributed by atoms with Crippen LogP contribution in [0.2, 0.25) is 5.02 Å². The Bertz CT molecular complexity index is 735. The van der Waals surface area contributed by atoms with Crippen molar-refractivity contribution in [2.45, 2.75) is 19.0 Å². The van der Waals surface area contributed by atoms with Crippen molar-refractivity contribution in [2.24, 2.45) is 0 Å². The predicted molar refractivity (Wildman–Crippen MR) is 89.1 cm³/mol. The van der Waals surface area contributed by atoms with Crippen LogP contribution in [-0.2, 0) is 13.0 Å². The van der Waals surface area contributed by atoms with E-state index in [1.54, 1.807) is 0 Å². The van der Waals surface area contributed by atoms with E-state index in [0.717, 1.165) is 19.0 Å². The van der Waals surface area contributed by atoms with E-state index < -0.39 is 5.82 Å². The Morgan fingerprint density at radius 2 is 2.04 bits per heavy atom. The smallest absolute Gasteiger partial charge is 0.252 e. The summed E-state index contributed by atoms with van der Waals surface area (Å²) in [4.78, 5) is 14.4. The summed E-state index contributed by atoms with van der Waals surface area (Å²) in [6.07, 6.45) is 0.879. The molecule has 0 radical (unpaired) electrons. The molecule has 1 aliphatic rings. The van der Waals surface area contributed by atoms with Crippen molar-refractivity contribution >= 4 is 17.5 Å². The first-order valence-electron chi connectivity index (χ1n) is 7.55. The molecule has 0 aliphatic carbocycles. The Labute approximate surface area is 140 Å². The zero-order chi connectivity index (χ0) is 16.4. The summed E-state index contributed by atoms with van der Waals surface area (Å²) in [5.41, 5.74) is 2.81. The van der Waals surface area contributed by atoms with E-state index >= 15 is 0 Å². The third kappa shape index (κ3) is 3.54. The number of nitrogens with zero attached hydrogens (tertiary/aromatic N) is 1. The van der Waals surface area contributed by atoms with Crippen LogP contribution in [0.15, 0.2) is 42.5 Å². The van der Waals surface area contributed by atoms with Crippen molar-refractivity contribution in [3.8, 4) is 0 Å². The van der Waals surface area contributed by atoms with E-state index in [2.05, 4.69) is 22.3 Å². The number of benzene rings is 2. The van der Waals surface area contributed by atoms with Gasteiger partial charge in [0.15, 0.2) is 0 Å². The molecule has 0 saturated carbocycles. The first-order chi connectivity index (χ1) is 11.0. The number of hydrogen-bond acceptors (Lipinski definition) is 2. The van der Waals surface area contributed by atoms with Gasteiger partial charge in [-0.3, -0.25) is 9.69 Å². The number of likely N-dealkylation sites (N-methyl/N-ethyl adjacent to an activating group) is 1. The van der Waals surface area contributed by atoms with Gasteiger partial charge in [-0.25, -0.2) is 4.39 Å². The van der Waals surface area contributed by atoms with Gasteiger partial charge in [0.05, 0.1) is 10.6 Å². The van der Waals surface area contributed by atoms with Crippen LogP contribution in [0.4, 0.5) is 4.39 Å². The maximum Gasteiger partial charge on any atom is 0.252 e. The van der Waals surface area contributed by atoms with Gasteiger partial charge < -0.3 is 5.32 Å². The minimum atomic E-state index is -0.469. The molecule has 2 aromatic rings. The molecule has 1 heterocycles. The maximum atomic E-state index is 13.3. The Hall–Kier alpha value is -1.91. The van der Waals surface area contributed by atoms with Crippen molar-refractivity contribution in [3.63, 3.8) is 0 Å². The van der Waals surface area contributed by atoms with Crippen LogP contribution in [0.5, 0.6) is 0 Å². The van der Waals surface area contributed by atoms with Crippen molar-refractivity contribution in [3.05, 3.63) is 70.0 Å². The molecular weight excluding hydrogens is 315 g/mol. The Kier molecular flexibility index (Phi) is 4.64. The van der Waals surface area contributed by atoms with Gasteiger partial charge in [0, 0.05) is 19.1 Å². The lowest BCUT2D eigenvalue weighted by Gasteiger charge is -2.34. The molecular formula is C18H18ClFN2O. The number of nitrogens with one attached hydrogen (secondary N) is 1. The summed E-state index contributed by atoms with van der Waals surface area (Å²) in [6.45, 7) is 1.36. The fourth-order valence-corrected chi connectivity index (χ4v) is 3.13. The fourth-order valence-electron chi connectivity index (χ4n) is 2.92. The van der Waals surface area contributed by atoms with Gasteiger partial charge in [-0.1, -0.05) is 35.9 Å². The van der Waals surface area contributed by atoms with Crippen LogP contribution < -0.4 is 5.32 Å². The molecule has 1 atom stereocenters. The van der Waals surface area contributed by atoms with E-state index in [1.807, 2.05) is 19.2 Å². The monoisotopic (exact) mass is 332 g/mol. The summed E-state index contributed by atoms with van der Waals surface area (Å²) in [7, 11) is 2.04. The van der Waals surface area contributed by atoms with Gasteiger partial charge >= 0.3 is 0 Å². The molecule has 0 spiro atoms. The van der Waals surface area contributed by atoms with Gasteiger partial charge in [0.1, 0.15) is 5.82 Å². The Balaban J connectivity index is 1.66. The third-order valence-electron chi connectivity index (χ3n) is 4.29. The summed E-state index contributed by atoms with van der Waals surface area (Å²) in [5.74, 6) is -0.815. The molecule has 120 valence electrons. The minimum Gasteiger partial charge on any atom is -0.350 e. The molecule has 0 bridgehead atoms. The first-order valence-corrected chi connectivity index (χ1v) is 7.92. The summed E-state index contributed by atoms with van der Waals surface area (Å²) < 4.78 is 13.3. The molecule has 1 N–H and O–H groups in total.